The van der Waals surface area contributed by atoms with Crippen LogP contribution in [-0.2, 0) is 16.4 Å². The highest BCUT2D eigenvalue weighted by molar-refractivity contribution is 7.92. The molecule has 5 nitrogen and oxygen atoms in total. The summed E-state index contributed by atoms with van der Waals surface area (Å²) in [6.45, 7) is 5.62. The molecule has 0 atom stereocenters. The molecule has 0 aliphatic heterocycles. The lowest BCUT2D eigenvalue weighted by molar-refractivity contribution is 0.102. The molecule has 0 aliphatic carbocycles. The molecule has 0 heterocycles. The predicted octanol–water partition coefficient (Wildman–Crippen LogP) is 4.92. The molecule has 0 saturated carbocycles. The van der Waals surface area contributed by atoms with Gasteiger partial charge in [-0.15, -0.1) is 0 Å². The van der Waals surface area contributed by atoms with Crippen LogP contribution in [0.15, 0.2) is 71.6 Å². The molecule has 0 radical (unpaired) electrons. The first-order valence-electron chi connectivity index (χ1n) is 9.39. The van der Waals surface area contributed by atoms with Gasteiger partial charge in [-0.2, -0.15) is 0 Å². The Hall–Kier alpha value is -3.12. The molecule has 0 spiro atoms. The van der Waals surface area contributed by atoms with E-state index in [9.17, 15) is 13.2 Å². The average Bonchev–Trinajstić information content (AvgIpc) is 2.70. The smallest absolute Gasteiger partial charge is 0.262 e. The van der Waals surface area contributed by atoms with Gasteiger partial charge in [-0.25, -0.2) is 8.42 Å². The highest BCUT2D eigenvalue weighted by atomic mass is 32.2. The van der Waals surface area contributed by atoms with E-state index in [1.807, 2.05) is 44.2 Å². The van der Waals surface area contributed by atoms with Gasteiger partial charge in [0.15, 0.2) is 0 Å². The van der Waals surface area contributed by atoms with Crippen molar-refractivity contribution in [2.24, 2.45) is 0 Å². The fourth-order valence-electron chi connectivity index (χ4n) is 3.08. The fourth-order valence-corrected chi connectivity index (χ4v) is 4.46. The standard InChI is InChI=1S/C23H24N2O3S/c1-4-18-8-5-6-11-21(18)24-23(26)19-9-7-10-20(15-19)25-29(27,28)22-14-16(2)12-13-17(22)3/h5-15,25H,4H2,1-3H3,(H,24,26). The van der Waals surface area contributed by atoms with E-state index in [-0.39, 0.29) is 10.8 Å². The minimum Gasteiger partial charge on any atom is -0.322 e. The molecule has 0 bridgehead atoms. The van der Waals surface area contributed by atoms with E-state index in [0.717, 1.165) is 23.2 Å². The number of rotatable bonds is 6. The molecular weight excluding hydrogens is 384 g/mol. The molecule has 0 aliphatic rings. The van der Waals surface area contributed by atoms with Crippen LogP contribution in [0.3, 0.4) is 0 Å². The summed E-state index contributed by atoms with van der Waals surface area (Å²) in [4.78, 5) is 12.9. The normalized spacial score (nSPS) is 11.1. The summed E-state index contributed by atoms with van der Waals surface area (Å²) in [6.07, 6.45) is 0.798. The van der Waals surface area contributed by atoms with Gasteiger partial charge < -0.3 is 5.32 Å². The average molecular weight is 409 g/mol. The number of amides is 1. The molecule has 0 unspecified atom stereocenters. The first-order valence-corrected chi connectivity index (χ1v) is 10.9. The number of nitrogens with one attached hydrogen (secondary N) is 2. The first kappa shape index (κ1) is 20.6. The van der Waals surface area contributed by atoms with Crippen LogP contribution in [-0.4, -0.2) is 14.3 Å². The minimum atomic E-state index is -3.76. The second-order valence-electron chi connectivity index (χ2n) is 6.92. The van der Waals surface area contributed by atoms with Gasteiger partial charge in [-0.3, -0.25) is 9.52 Å². The number of para-hydroxylation sites is 1. The molecular formula is C23H24N2O3S. The van der Waals surface area contributed by atoms with Gasteiger partial charge in [0.25, 0.3) is 15.9 Å². The Balaban J connectivity index is 1.84. The van der Waals surface area contributed by atoms with Gasteiger partial charge in [-0.05, 0) is 67.3 Å². The molecule has 150 valence electrons. The second-order valence-corrected chi connectivity index (χ2v) is 8.57. The van der Waals surface area contributed by atoms with Crippen molar-refractivity contribution in [3.8, 4) is 0 Å². The number of hydrogen-bond donors (Lipinski definition) is 2. The molecule has 3 rings (SSSR count). The predicted molar refractivity (Wildman–Crippen MR) is 117 cm³/mol. The number of anilines is 2. The van der Waals surface area contributed by atoms with Crippen LogP contribution < -0.4 is 10.0 Å². The SMILES string of the molecule is CCc1ccccc1NC(=O)c1cccc(NS(=O)(=O)c2cc(C)ccc2C)c1. The zero-order valence-electron chi connectivity index (χ0n) is 16.7. The lowest BCUT2D eigenvalue weighted by atomic mass is 10.1. The van der Waals surface area contributed by atoms with Gasteiger partial charge in [0, 0.05) is 16.9 Å². The molecule has 0 aromatic heterocycles. The van der Waals surface area contributed by atoms with Crippen molar-refractivity contribution in [2.45, 2.75) is 32.1 Å². The van der Waals surface area contributed by atoms with Crippen molar-refractivity contribution in [3.63, 3.8) is 0 Å². The van der Waals surface area contributed by atoms with Crippen LogP contribution in [0.5, 0.6) is 0 Å². The lowest BCUT2D eigenvalue weighted by Crippen LogP contribution is -2.16. The zero-order chi connectivity index (χ0) is 21.0. The van der Waals surface area contributed by atoms with E-state index in [1.54, 1.807) is 37.3 Å². The Labute approximate surface area is 171 Å². The largest absolute Gasteiger partial charge is 0.322 e. The Morgan fingerprint density at radius 2 is 1.69 bits per heavy atom. The summed E-state index contributed by atoms with van der Waals surface area (Å²) < 4.78 is 28.2. The van der Waals surface area contributed by atoms with E-state index < -0.39 is 10.0 Å². The third-order valence-electron chi connectivity index (χ3n) is 4.66. The highest BCUT2D eigenvalue weighted by Gasteiger charge is 2.18. The van der Waals surface area contributed by atoms with Crippen molar-refractivity contribution in [1.82, 2.24) is 0 Å². The molecule has 3 aromatic carbocycles. The lowest BCUT2D eigenvalue weighted by Gasteiger charge is -2.13. The van der Waals surface area contributed by atoms with E-state index in [1.165, 1.54) is 6.07 Å². The Kier molecular flexibility index (Phi) is 6.03. The Morgan fingerprint density at radius 1 is 0.931 bits per heavy atom. The molecule has 1 amide bonds. The monoisotopic (exact) mass is 408 g/mol. The van der Waals surface area contributed by atoms with Crippen molar-refractivity contribution in [3.05, 3.63) is 89.0 Å². The van der Waals surface area contributed by atoms with E-state index >= 15 is 0 Å². The zero-order valence-corrected chi connectivity index (χ0v) is 17.5. The van der Waals surface area contributed by atoms with Gasteiger partial charge in [0.1, 0.15) is 0 Å². The van der Waals surface area contributed by atoms with Crippen LogP contribution in [0, 0.1) is 13.8 Å². The third kappa shape index (κ3) is 4.84. The summed E-state index contributed by atoms with van der Waals surface area (Å²) in [5.74, 6) is -0.293. The summed E-state index contributed by atoms with van der Waals surface area (Å²) in [5.41, 5.74) is 4.01. The highest BCUT2D eigenvalue weighted by Crippen LogP contribution is 2.22. The van der Waals surface area contributed by atoms with Crippen LogP contribution in [0.25, 0.3) is 0 Å². The molecule has 6 heteroatoms. The third-order valence-corrected chi connectivity index (χ3v) is 6.18. The number of carbonyl (C=O) groups is 1. The van der Waals surface area contributed by atoms with Gasteiger partial charge >= 0.3 is 0 Å². The van der Waals surface area contributed by atoms with Gasteiger partial charge in [-0.1, -0.05) is 43.3 Å². The Morgan fingerprint density at radius 3 is 2.45 bits per heavy atom. The summed E-state index contributed by atoms with van der Waals surface area (Å²) in [5, 5.41) is 2.90. The summed E-state index contributed by atoms with van der Waals surface area (Å²) in [7, 11) is -3.76. The van der Waals surface area contributed by atoms with Gasteiger partial charge in [0.05, 0.1) is 4.90 Å². The van der Waals surface area contributed by atoms with Crippen LogP contribution in [0.4, 0.5) is 11.4 Å². The molecule has 3 aromatic rings. The van der Waals surface area contributed by atoms with E-state index in [4.69, 9.17) is 0 Å². The van der Waals surface area contributed by atoms with Crippen LogP contribution in [0.1, 0.15) is 34.0 Å². The second kappa shape index (κ2) is 8.49. The number of benzene rings is 3. The van der Waals surface area contributed by atoms with E-state index in [2.05, 4.69) is 10.0 Å². The molecule has 2 N–H and O–H groups in total. The topological polar surface area (TPSA) is 75.3 Å². The maximum absolute atomic E-state index is 12.8. The van der Waals surface area contributed by atoms with Crippen LogP contribution in [0.2, 0.25) is 0 Å². The summed E-state index contributed by atoms with van der Waals surface area (Å²) >= 11 is 0. The first-order chi connectivity index (χ1) is 13.8. The maximum atomic E-state index is 12.8. The van der Waals surface area contributed by atoms with Crippen molar-refractivity contribution in [1.29, 1.82) is 0 Å². The number of carbonyl (C=O) groups excluding carboxylic acids is 1. The van der Waals surface area contributed by atoms with E-state index in [0.29, 0.717) is 16.8 Å². The molecule has 29 heavy (non-hydrogen) atoms. The summed E-state index contributed by atoms with van der Waals surface area (Å²) in [6, 6.07) is 19.4. The van der Waals surface area contributed by atoms with Crippen molar-refractivity contribution < 1.29 is 13.2 Å². The van der Waals surface area contributed by atoms with Crippen LogP contribution >= 0.6 is 0 Å². The molecule has 0 saturated heterocycles. The van der Waals surface area contributed by atoms with Crippen molar-refractivity contribution in [2.75, 3.05) is 10.0 Å². The number of hydrogen-bond acceptors (Lipinski definition) is 3. The number of aryl methyl sites for hydroxylation is 3. The Bertz CT molecular complexity index is 1150. The van der Waals surface area contributed by atoms with Crippen molar-refractivity contribution >= 4 is 27.3 Å². The number of sulfonamides is 1. The maximum Gasteiger partial charge on any atom is 0.262 e. The van der Waals surface area contributed by atoms with Gasteiger partial charge in [0.2, 0.25) is 0 Å². The minimum absolute atomic E-state index is 0.226. The quantitative estimate of drug-likeness (QED) is 0.608. The molecule has 0 fully saturated rings. The fraction of sp³-hybridized carbons (Fsp3) is 0.174.